The van der Waals surface area contributed by atoms with Crippen LogP contribution in [-0.4, -0.2) is 151 Å². The Morgan fingerprint density at radius 2 is 1.68 bits per heavy atom. The number of aliphatic hydroxyl groups excluding tert-OH is 2. The zero-order valence-electron chi connectivity index (χ0n) is 39.1. The summed E-state index contributed by atoms with van der Waals surface area (Å²) in [5, 5.41) is 39.0. The van der Waals surface area contributed by atoms with Crippen LogP contribution in [-0.2, 0) is 54.0 Å². The second-order valence-corrected chi connectivity index (χ2v) is 18.6. The van der Waals surface area contributed by atoms with Gasteiger partial charge >= 0.3 is 11.9 Å². The van der Waals surface area contributed by atoms with Crippen LogP contribution in [0.2, 0.25) is 0 Å². The van der Waals surface area contributed by atoms with E-state index in [1.807, 2.05) is 45.0 Å². The standard InChI is InChI=1S/C48H76N2O13/c1-29(2)25-38(53)61-46-33(6)59-40(28-48(46,7)56)62-43-32(5)60-47(42(55)41(43)50(8)9)63-44-35(22-24-49-23-21-34-18-14-12-15-19-34)26-30(3)36(51)20-16-11-13-17-31(4)58-39(54)27-37(52)45(44)57-10/h11-16,18-20,29-33,35,37,40-47,49,52,55-56H,17,21-28H2,1-10H3/b13-11-,20-16+/t30-,31-,32-,33+,35+,37-,40+,41-,42-,43-,44+,45+,46+,47+,48-/m1/s1. The van der Waals surface area contributed by atoms with Crippen molar-refractivity contribution < 1.29 is 62.9 Å². The van der Waals surface area contributed by atoms with Gasteiger partial charge in [0.25, 0.3) is 0 Å². The third kappa shape index (κ3) is 15.8. The number of nitrogens with zero attached hydrogens (tertiary/aromatic N) is 1. The molecule has 4 N–H and O–H groups in total. The van der Waals surface area contributed by atoms with Crippen molar-refractivity contribution in [2.75, 3.05) is 34.3 Å². The number of allylic oxidation sites excluding steroid dienone is 3. The zero-order chi connectivity index (χ0) is 46.4. The van der Waals surface area contributed by atoms with Crippen LogP contribution in [0.3, 0.4) is 0 Å². The summed E-state index contributed by atoms with van der Waals surface area (Å²) in [4.78, 5) is 41.1. The van der Waals surface area contributed by atoms with Crippen LogP contribution in [0.25, 0.3) is 0 Å². The van der Waals surface area contributed by atoms with Crippen LogP contribution < -0.4 is 5.32 Å². The molecule has 356 valence electrons. The molecule has 0 unspecified atom stereocenters. The minimum Gasteiger partial charge on any atom is -0.462 e. The van der Waals surface area contributed by atoms with Gasteiger partial charge in [0.1, 0.15) is 30.0 Å². The summed E-state index contributed by atoms with van der Waals surface area (Å²) >= 11 is 0. The third-order valence-corrected chi connectivity index (χ3v) is 12.2. The van der Waals surface area contributed by atoms with E-state index >= 15 is 0 Å². The van der Waals surface area contributed by atoms with Gasteiger partial charge in [-0.1, -0.05) is 69.3 Å². The molecule has 0 aromatic heterocycles. The topological polar surface area (TPSA) is 192 Å². The Kier molecular flexibility index (Phi) is 20.8. The van der Waals surface area contributed by atoms with E-state index in [0.717, 1.165) is 6.42 Å². The molecule has 1 aromatic carbocycles. The fourth-order valence-electron chi connectivity index (χ4n) is 8.89. The predicted molar refractivity (Wildman–Crippen MR) is 236 cm³/mol. The normalized spacial score (nSPS) is 37.4. The number of benzene rings is 1. The van der Waals surface area contributed by atoms with E-state index < -0.39 is 103 Å². The quantitative estimate of drug-likeness (QED) is 0.144. The number of hydrogen-bond donors (Lipinski definition) is 4. The fourth-order valence-corrected chi connectivity index (χ4v) is 8.89. The molecule has 0 spiro atoms. The van der Waals surface area contributed by atoms with Gasteiger partial charge in [0.05, 0.1) is 36.9 Å². The second-order valence-electron chi connectivity index (χ2n) is 18.6. The highest BCUT2D eigenvalue weighted by Gasteiger charge is 2.52. The minimum atomic E-state index is -1.48. The molecule has 0 amide bonds. The van der Waals surface area contributed by atoms with Gasteiger partial charge in [0.2, 0.25) is 0 Å². The lowest BCUT2D eigenvalue weighted by Crippen LogP contribution is -2.66. The van der Waals surface area contributed by atoms with Crippen molar-refractivity contribution in [1.82, 2.24) is 10.2 Å². The third-order valence-electron chi connectivity index (χ3n) is 12.2. The molecule has 0 bridgehead atoms. The predicted octanol–water partition coefficient (Wildman–Crippen LogP) is 4.28. The van der Waals surface area contributed by atoms with Gasteiger partial charge in [-0.05, 0) is 97.6 Å². The zero-order valence-corrected chi connectivity index (χ0v) is 39.1. The molecule has 15 heteroatoms. The first-order chi connectivity index (χ1) is 29.8. The van der Waals surface area contributed by atoms with Crippen molar-refractivity contribution >= 4 is 17.7 Å². The van der Waals surface area contributed by atoms with Crippen molar-refractivity contribution in [2.45, 2.75) is 173 Å². The number of esters is 2. The molecule has 1 aromatic rings. The summed E-state index contributed by atoms with van der Waals surface area (Å²) in [5.74, 6) is -1.94. The Bertz CT molecular complexity index is 1620. The Balaban J connectivity index is 1.62. The summed E-state index contributed by atoms with van der Waals surface area (Å²) in [6.07, 6.45) is -1.98. The Morgan fingerprint density at radius 3 is 2.33 bits per heavy atom. The number of likely N-dealkylation sites (N-methyl/N-ethyl adjacent to an activating group) is 1. The summed E-state index contributed by atoms with van der Waals surface area (Å²) < 4.78 is 43.4. The highest BCUT2D eigenvalue weighted by molar-refractivity contribution is 5.91. The van der Waals surface area contributed by atoms with Crippen molar-refractivity contribution in [3.8, 4) is 0 Å². The van der Waals surface area contributed by atoms with Crippen LogP contribution in [0, 0.1) is 17.8 Å². The molecule has 0 saturated carbocycles. The van der Waals surface area contributed by atoms with Crippen molar-refractivity contribution in [3.05, 3.63) is 60.2 Å². The molecule has 4 rings (SSSR count). The van der Waals surface area contributed by atoms with E-state index in [1.165, 1.54) is 18.7 Å². The number of ketones is 1. The highest BCUT2D eigenvalue weighted by Crippen LogP contribution is 2.37. The van der Waals surface area contributed by atoms with Gasteiger partial charge in [-0.15, -0.1) is 0 Å². The van der Waals surface area contributed by atoms with Crippen LogP contribution in [0.5, 0.6) is 0 Å². The Labute approximate surface area is 374 Å². The number of ether oxygens (including phenoxy) is 7. The molecular formula is C48H76N2O13. The maximum atomic E-state index is 13.5. The van der Waals surface area contributed by atoms with Crippen LogP contribution in [0.15, 0.2) is 54.6 Å². The maximum absolute atomic E-state index is 13.5. The van der Waals surface area contributed by atoms with E-state index in [9.17, 15) is 29.7 Å². The number of cyclic esters (lactones) is 1. The van der Waals surface area contributed by atoms with E-state index in [1.54, 1.807) is 58.8 Å². The first-order valence-electron chi connectivity index (χ1n) is 22.7. The second kappa shape index (κ2) is 25.0. The number of carbonyl (C=O) groups excluding carboxylic acids is 3. The Hall–Kier alpha value is -3.09. The first kappa shape index (κ1) is 52.5. The lowest BCUT2D eigenvalue weighted by molar-refractivity contribution is -0.344. The molecule has 0 radical (unpaired) electrons. The molecule has 15 nitrogen and oxygen atoms in total. The molecule has 3 aliphatic rings. The summed E-state index contributed by atoms with van der Waals surface area (Å²) in [7, 11) is 5.02. The molecule has 2 fully saturated rings. The monoisotopic (exact) mass is 889 g/mol. The summed E-state index contributed by atoms with van der Waals surface area (Å²) in [5.41, 5.74) is -0.288. The molecule has 0 aliphatic carbocycles. The molecule has 15 atom stereocenters. The number of nitrogens with one attached hydrogen (secondary N) is 1. The van der Waals surface area contributed by atoms with Crippen molar-refractivity contribution in [3.63, 3.8) is 0 Å². The van der Waals surface area contributed by atoms with E-state index in [-0.39, 0.29) is 31.0 Å². The van der Waals surface area contributed by atoms with Gasteiger partial charge in [0, 0.05) is 32.3 Å². The van der Waals surface area contributed by atoms with Crippen LogP contribution in [0.4, 0.5) is 0 Å². The van der Waals surface area contributed by atoms with Crippen molar-refractivity contribution in [1.29, 1.82) is 0 Å². The summed E-state index contributed by atoms with van der Waals surface area (Å²) in [6.45, 7) is 13.8. The fraction of sp³-hybridized carbons (Fsp3) is 0.729. The van der Waals surface area contributed by atoms with Crippen LogP contribution in [0.1, 0.15) is 92.6 Å². The SMILES string of the molecule is CO[C@@H]1[C@@H](O[C@@H]2O[C@H](C)[C@@H](O[C@H]3C[C@@](C)(O)[C@@H](OC(=O)CC(C)C)[C@H](C)O3)[C@H](N(C)C)[C@H]2O)[C@@H](CCNCCc2ccccc2)C[C@@H](C)C(=O)/C=C/C=C\C[C@@H](C)OC(=O)C[C@H]1O. The lowest BCUT2D eigenvalue weighted by Gasteiger charge is -2.50. The summed E-state index contributed by atoms with van der Waals surface area (Å²) in [6, 6.07) is 9.40. The average molecular weight is 889 g/mol. The first-order valence-corrected chi connectivity index (χ1v) is 22.7. The van der Waals surface area contributed by atoms with Gasteiger partial charge in [0.15, 0.2) is 24.5 Å². The molecule has 2 saturated heterocycles. The van der Waals surface area contributed by atoms with Gasteiger partial charge in [-0.25, -0.2) is 0 Å². The lowest BCUT2D eigenvalue weighted by atomic mass is 9.82. The van der Waals surface area contributed by atoms with E-state index in [2.05, 4.69) is 17.4 Å². The maximum Gasteiger partial charge on any atom is 0.308 e. The van der Waals surface area contributed by atoms with Crippen molar-refractivity contribution in [2.24, 2.45) is 17.8 Å². The van der Waals surface area contributed by atoms with Crippen LogP contribution >= 0.6 is 0 Å². The smallest absolute Gasteiger partial charge is 0.308 e. The largest absolute Gasteiger partial charge is 0.462 e. The molecule has 3 heterocycles. The minimum absolute atomic E-state index is 0.0174. The molecular weight excluding hydrogens is 813 g/mol. The van der Waals surface area contributed by atoms with E-state index in [4.69, 9.17) is 33.2 Å². The highest BCUT2D eigenvalue weighted by atomic mass is 16.7. The van der Waals surface area contributed by atoms with Gasteiger partial charge < -0.3 is 58.7 Å². The number of aliphatic hydroxyl groups is 3. The molecule has 63 heavy (non-hydrogen) atoms. The number of hydrogen-bond acceptors (Lipinski definition) is 15. The van der Waals surface area contributed by atoms with E-state index in [0.29, 0.717) is 32.4 Å². The van der Waals surface area contributed by atoms with Gasteiger partial charge in [-0.3, -0.25) is 14.4 Å². The van der Waals surface area contributed by atoms with Gasteiger partial charge in [-0.2, -0.15) is 0 Å². The molecule has 3 aliphatic heterocycles. The number of rotatable bonds is 15. The number of methoxy groups -OCH3 is 1. The average Bonchev–Trinajstić information content (AvgIpc) is 3.19. The number of carbonyl (C=O) groups is 3. The Morgan fingerprint density at radius 1 is 0.968 bits per heavy atom.